The Hall–Kier alpha value is -1.76. The molecule has 2 nitrogen and oxygen atoms in total. The van der Waals surface area contributed by atoms with E-state index < -0.39 is 5.82 Å². The Labute approximate surface area is 113 Å². The van der Waals surface area contributed by atoms with Gasteiger partial charge < -0.3 is 4.74 Å². The van der Waals surface area contributed by atoms with Crippen molar-refractivity contribution in [2.24, 2.45) is 0 Å². The van der Waals surface area contributed by atoms with Gasteiger partial charge in [-0.25, -0.2) is 4.39 Å². The monoisotopic (exact) mass is 281 g/mol. The van der Waals surface area contributed by atoms with Crippen molar-refractivity contribution in [3.05, 3.63) is 57.8 Å². The molecule has 0 radical (unpaired) electrons. The minimum absolute atomic E-state index is 0.0303. The molecule has 0 heterocycles. The summed E-state index contributed by atoms with van der Waals surface area (Å²) in [4.78, 5) is 0. The average molecular weight is 282 g/mol. The molecular weight excluding hydrogens is 276 g/mol. The molecule has 0 N–H and O–H groups in total. The van der Waals surface area contributed by atoms with Crippen LogP contribution in [0.1, 0.15) is 5.56 Å². The van der Waals surface area contributed by atoms with Crippen LogP contribution in [0.25, 0.3) is 0 Å². The van der Waals surface area contributed by atoms with Gasteiger partial charge in [0.25, 0.3) is 0 Å². The molecule has 0 aliphatic heterocycles. The number of hydrogen-bond acceptors (Lipinski definition) is 2. The number of rotatable bonds is 2. The van der Waals surface area contributed by atoms with Crippen LogP contribution in [0.4, 0.5) is 4.39 Å². The van der Waals surface area contributed by atoms with Crippen molar-refractivity contribution in [3.63, 3.8) is 0 Å². The Balaban J connectivity index is 2.29. The number of nitrogens with zero attached hydrogens (tertiary/aromatic N) is 1. The van der Waals surface area contributed by atoms with E-state index in [-0.39, 0.29) is 5.02 Å². The first-order valence-corrected chi connectivity index (χ1v) is 5.68. The van der Waals surface area contributed by atoms with Gasteiger partial charge in [-0.05, 0) is 30.3 Å². The Morgan fingerprint density at radius 2 is 1.83 bits per heavy atom. The van der Waals surface area contributed by atoms with Gasteiger partial charge in [0.2, 0.25) is 0 Å². The summed E-state index contributed by atoms with van der Waals surface area (Å²) in [5.74, 6) is 0.223. The zero-order chi connectivity index (χ0) is 13.1. The van der Waals surface area contributed by atoms with Crippen LogP contribution in [-0.4, -0.2) is 0 Å². The van der Waals surface area contributed by atoms with Gasteiger partial charge in [0, 0.05) is 6.07 Å². The van der Waals surface area contributed by atoms with Crippen LogP contribution in [0, 0.1) is 17.1 Å². The molecule has 0 fully saturated rings. The minimum Gasteiger partial charge on any atom is -0.456 e. The Morgan fingerprint density at radius 3 is 2.44 bits per heavy atom. The highest BCUT2D eigenvalue weighted by Gasteiger charge is 2.06. The molecule has 0 amide bonds. The summed E-state index contributed by atoms with van der Waals surface area (Å²) >= 11 is 11.6. The van der Waals surface area contributed by atoms with Crippen molar-refractivity contribution in [1.29, 1.82) is 5.26 Å². The second kappa shape index (κ2) is 5.26. The zero-order valence-corrected chi connectivity index (χ0v) is 10.5. The second-order valence-electron chi connectivity index (χ2n) is 3.43. The third kappa shape index (κ3) is 2.73. The maximum absolute atomic E-state index is 13.0. The van der Waals surface area contributed by atoms with Crippen LogP contribution in [0.5, 0.6) is 11.5 Å². The molecule has 0 unspecified atom stereocenters. The number of ether oxygens (including phenoxy) is 1. The van der Waals surface area contributed by atoms with Gasteiger partial charge in [0.15, 0.2) is 0 Å². The largest absolute Gasteiger partial charge is 0.456 e. The van der Waals surface area contributed by atoms with Crippen LogP contribution in [0.15, 0.2) is 36.4 Å². The zero-order valence-electron chi connectivity index (χ0n) is 8.95. The third-order valence-electron chi connectivity index (χ3n) is 2.18. The van der Waals surface area contributed by atoms with Gasteiger partial charge in [0.05, 0.1) is 21.7 Å². The van der Waals surface area contributed by atoms with E-state index in [1.54, 1.807) is 12.1 Å². The summed E-state index contributed by atoms with van der Waals surface area (Å²) in [6, 6.07) is 10.6. The quantitative estimate of drug-likeness (QED) is 0.792. The van der Waals surface area contributed by atoms with E-state index in [4.69, 9.17) is 33.2 Å². The first-order valence-electron chi connectivity index (χ1n) is 4.92. The first-order chi connectivity index (χ1) is 8.60. The van der Waals surface area contributed by atoms with Crippen molar-refractivity contribution in [1.82, 2.24) is 0 Å². The Kier molecular flexibility index (Phi) is 3.71. The van der Waals surface area contributed by atoms with Crippen LogP contribution in [-0.2, 0) is 0 Å². The molecule has 0 aliphatic carbocycles. The van der Waals surface area contributed by atoms with Gasteiger partial charge in [-0.15, -0.1) is 0 Å². The molecule has 0 aromatic heterocycles. The summed E-state index contributed by atoms with van der Waals surface area (Å²) in [6.07, 6.45) is 0. The number of halogens is 3. The normalized spacial score (nSPS) is 9.89. The lowest BCUT2D eigenvalue weighted by atomic mass is 10.2. The van der Waals surface area contributed by atoms with Crippen molar-refractivity contribution in [2.45, 2.75) is 0 Å². The highest BCUT2D eigenvalue weighted by molar-refractivity contribution is 6.32. The number of nitriles is 1. The highest BCUT2D eigenvalue weighted by atomic mass is 35.5. The Morgan fingerprint density at radius 1 is 1.06 bits per heavy atom. The highest BCUT2D eigenvalue weighted by Crippen LogP contribution is 2.31. The van der Waals surface area contributed by atoms with E-state index in [0.29, 0.717) is 22.1 Å². The van der Waals surface area contributed by atoms with E-state index in [1.807, 2.05) is 6.07 Å². The molecular formula is C13H6Cl2FNO. The summed E-state index contributed by atoms with van der Waals surface area (Å²) < 4.78 is 18.4. The summed E-state index contributed by atoms with van der Waals surface area (Å²) in [5.41, 5.74) is 0.435. The predicted octanol–water partition coefficient (Wildman–Crippen LogP) is 4.80. The molecule has 0 bridgehead atoms. The maximum atomic E-state index is 13.0. The van der Waals surface area contributed by atoms with Crippen molar-refractivity contribution >= 4 is 23.2 Å². The van der Waals surface area contributed by atoms with Crippen LogP contribution in [0.2, 0.25) is 10.0 Å². The third-order valence-corrected chi connectivity index (χ3v) is 2.76. The first kappa shape index (κ1) is 12.7. The maximum Gasteiger partial charge on any atom is 0.146 e. The lowest BCUT2D eigenvalue weighted by Gasteiger charge is -2.08. The van der Waals surface area contributed by atoms with Crippen LogP contribution >= 0.6 is 23.2 Å². The molecule has 0 aliphatic rings. The fourth-order valence-corrected chi connectivity index (χ4v) is 1.71. The van der Waals surface area contributed by atoms with Crippen LogP contribution < -0.4 is 4.74 Å². The fraction of sp³-hybridized carbons (Fsp3) is 0. The van der Waals surface area contributed by atoms with Gasteiger partial charge in [-0.1, -0.05) is 23.2 Å². The van der Waals surface area contributed by atoms with E-state index in [0.717, 1.165) is 0 Å². The van der Waals surface area contributed by atoms with Crippen molar-refractivity contribution in [3.8, 4) is 17.6 Å². The summed E-state index contributed by atoms with van der Waals surface area (Å²) in [5, 5.41) is 8.97. The summed E-state index contributed by atoms with van der Waals surface area (Å²) in [7, 11) is 0. The molecule has 0 saturated carbocycles. The number of benzene rings is 2. The molecule has 5 heteroatoms. The lowest BCUT2D eigenvalue weighted by molar-refractivity contribution is 0.481. The molecule has 0 spiro atoms. The van der Waals surface area contributed by atoms with E-state index in [2.05, 4.69) is 0 Å². The number of hydrogen-bond donors (Lipinski definition) is 0. The van der Waals surface area contributed by atoms with Gasteiger partial charge >= 0.3 is 0 Å². The predicted molar refractivity (Wildman–Crippen MR) is 67.7 cm³/mol. The minimum atomic E-state index is -0.519. The topological polar surface area (TPSA) is 33.0 Å². The molecule has 0 saturated heterocycles. The molecule has 2 rings (SSSR count). The van der Waals surface area contributed by atoms with Gasteiger partial charge in [-0.2, -0.15) is 5.26 Å². The average Bonchev–Trinajstić information content (AvgIpc) is 2.36. The second-order valence-corrected chi connectivity index (χ2v) is 4.25. The van der Waals surface area contributed by atoms with E-state index in [9.17, 15) is 4.39 Å². The molecule has 18 heavy (non-hydrogen) atoms. The van der Waals surface area contributed by atoms with E-state index in [1.165, 1.54) is 24.3 Å². The standard InChI is InChI=1S/C13H6Cl2FNO/c14-10-6-9(2-3-12(10)16)18-13-4-1-8(7-17)5-11(13)15/h1-6H. The smallest absolute Gasteiger partial charge is 0.146 e. The summed E-state index contributed by atoms with van der Waals surface area (Å²) in [6.45, 7) is 0. The van der Waals surface area contributed by atoms with Gasteiger partial charge in [-0.3, -0.25) is 0 Å². The van der Waals surface area contributed by atoms with Crippen molar-refractivity contribution < 1.29 is 9.13 Å². The SMILES string of the molecule is N#Cc1ccc(Oc2ccc(F)c(Cl)c2)c(Cl)c1. The van der Waals surface area contributed by atoms with Gasteiger partial charge in [0.1, 0.15) is 17.3 Å². The van der Waals surface area contributed by atoms with Crippen LogP contribution in [0.3, 0.4) is 0 Å². The lowest BCUT2D eigenvalue weighted by Crippen LogP contribution is -1.87. The Bertz CT molecular complexity index is 637. The molecule has 2 aromatic carbocycles. The molecule has 0 atom stereocenters. The molecule has 90 valence electrons. The molecule has 2 aromatic rings. The van der Waals surface area contributed by atoms with Crippen molar-refractivity contribution in [2.75, 3.05) is 0 Å². The fourth-order valence-electron chi connectivity index (χ4n) is 1.32. The van der Waals surface area contributed by atoms with E-state index >= 15 is 0 Å².